The molecule has 3 aromatic rings. The van der Waals surface area contributed by atoms with E-state index < -0.39 is 0 Å². The molecule has 32 heavy (non-hydrogen) atoms. The zero-order valence-corrected chi connectivity index (χ0v) is 19.4. The van der Waals surface area contributed by atoms with Crippen LogP contribution in [0.2, 0.25) is 0 Å². The monoisotopic (exact) mass is 438 g/mol. The first kappa shape index (κ1) is 23.1. The van der Waals surface area contributed by atoms with E-state index >= 15 is 0 Å². The molecule has 2 heterocycles. The van der Waals surface area contributed by atoms with Gasteiger partial charge in [-0.05, 0) is 45.9 Å². The Bertz CT molecular complexity index is 1000. The molecule has 10 heteroatoms. The molecule has 0 spiro atoms. The summed E-state index contributed by atoms with van der Waals surface area (Å²) in [5, 5.41) is 16.1. The van der Waals surface area contributed by atoms with Crippen LogP contribution in [0.1, 0.15) is 72.1 Å². The van der Waals surface area contributed by atoms with E-state index in [0.717, 1.165) is 0 Å². The summed E-state index contributed by atoms with van der Waals surface area (Å²) in [4.78, 5) is 29.1. The van der Waals surface area contributed by atoms with E-state index in [1.807, 2.05) is 36.8 Å². The molecule has 0 atom stereocenters. The van der Waals surface area contributed by atoms with Gasteiger partial charge in [-0.2, -0.15) is 0 Å². The van der Waals surface area contributed by atoms with Crippen LogP contribution < -0.4 is 0 Å². The molecule has 1 aromatic carbocycles. The number of hydrogen-bond acceptors (Lipinski definition) is 6. The van der Waals surface area contributed by atoms with Crippen molar-refractivity contribution in [3.63, 3.8) is 0 Å². The smallest absolute Gasteiger partial charge is 0.254 e. The Balaban J connectivity index is 1.72. The van der Waals surface area contributed by atoms with Gasteiger partial charge in [-0.3, -0.25) is 9.59 Å². The van der Waals surface area contributed by atoms with E-state index in [9.17, 15) is 9.59 Å². The van der Waals surface area contributed by atoms with Crippen LogP contribution in [0.25, 0.3) is 0 Å². The second-order valence-electron chi connectivity index (χ2n) is 8.40. The fraction of sp³-hybridized carbons (Fsp3) is 0.455. The highest BCUT2D eigenvalue weighted by atomic mass is 16.2. The third-order valence-electron chi connectivity index (χ3n) is 5.21. The number of amides is 2. The zero-order chi connectivity index (χ0) is 23.4. The fourth-order valence-electron chi connectivity index (χ4n) is 3.42. The van der Waals surface area contributed by atoms with Gasteiger partial charge in [-0.25, -0.2) is 0 Å². The zero-order valence-electron chi connectivity index (χ0n) is 19.4. The summed E-state index contributed by atoms with van der Waals surface area (Å²) in [5.41, 5.74) is 0.875. The molecule has 0 saturated heterocycles. The quantitative estimate of drug-likeness (QED) is 0.536. The molecule has 0 aliphatic heterocycles. The van der Waals surface area contributed by atoms with Crippen molar-refractivity contribution in [3.05, 3.63) is 59.7 Å². The average Bonchev–Trinajstić information content (AvgIpc) is 3.42. The Morgan fingerprint density at radius 2 is 1.22 bits per heavy atom. The average molecular weight is 439 g/mol. The van der Waals surface area contributed by atoms with Gasteiger partial charge < -0.3 is 18.9 Å². The summed E-state index contributed by atoms with van der Waals surface area (Å²) < 4.78 is 3.85. The van der Waals surface area contributed by atoms with Gasteiger partial charge in [0.25, 0.3) is 11.8 Å². The number of carbonyl (C=O) groups is 2. The first-order valence-corrected chi connectivity index (χ1v) is 10.6. The first-order valence-electron chi connectivity index (χ1n) is 10.6. The highest BCUT2D eigenvalue weighted by molar-refractivity contribution is 5.99. The summed E-state index contributed by atoms with van der Waals surface area (Å²) in [6.45, 7) is 8.77. The summed E-state index contributed by atoms with van der Waals surface area (Å²) in [7, 11) is 3.42. The molecule has 2 amide bonds. The molecule has 0 aliphatic carbocycles. The van der Waals surface area contributed by atoms with Crippen LogP contribution in [0.5, 0.6) is 0 Å². The van der Waals surface area contributed by atoms with Gasteiger partial charge in [-0.1, -0.05) is 6.07 Å². The fourth-order valence-corrected chi connectivity index (χ4v) is 3.42. The molecule has 2 aromatic heterocycles. The normalized spacial score (nSPS) is 11.2. The number of carbonyl (C=O) groups excluding carboxylic acids is 2. The van der Waals surface area contributed by atoms with Crippen LogP contribution in [-0.4, -0.2) is 65.2 Å². The topological polar surface area (TPSA) is 102 Å². The largest absolute Gasteiger partial charge is 0.334 e. The second kappa shape index (κ2) is 9.71. The highest BCUT2D eigenvalue weighted by Crippen LogP contribution is 2.15. The van der Waals surface area contributed by atoms with E-state index in [1.54, 1.807) is 60.8 Å². The van der Waals surface area contributed by atoms with Crippen LogP contribution >= 0.6 is 0 Å². The first-order chi connectivity index (χ1) is 15.2. The minimum Gasteiger partial charge on any atom is -0.334 e. The van der Waals surface area contributed by atoms with E-state index in [2.05, 4.69) is 20.4 Å². The van der Waals surface area contributed by atoms with Crippen molar-refractivity contribution >= 4 is 11.8 Å². The molecule has 0 bridgehead atoms. The maximum atomic E-state index is 13.0. The Morgan fingerprint density at radius 3 is 1.59 bits per heavy atom. The van der Waals surface area contributed by atoms with Crippen molar-refractivity contribution in [2.24, 2.45) is 0 Å². The number of aromatic nitrogens is 6. The van der Waals surface area contributed by atoms with Crippen LogP contribution in [0.3, 0.4) is 0 Å². The predicted molar refractivity (Wildman–Crippen MR) is 119 cm³/mol. The van der Waals surface area contributed by atoms with E-state index in [4.69, 9.17) is 0 Å². The van der Waals surface area contributed by atoms with E-state index in [0.29, 0.717) is 35.9 Å². The van der Waals surface area contributed by atoms with Gasteiger partial charge in [0.1, 0.15) is 12.7 Å². The number of hydrogen-bond donors (Lipinski definition) is 0. The van der Waals surface area contributed by atoms with E-state index in [-0.39, 0.29) is 23.9 Å². The lowest BCUT2D eigenvalue weighted by atomic mass is 10.1. The van der Waals surface area contributed by atoms with Gasteiger partial charge >= 0.3 is 0 Å². The van der Waals surface area contributed by atoms with Crippen LogP contribution in [0.4, 0.5) is 0 Å². The SMILES string of the molecule is CC(C)n1cnnc1CN(C)C(=O)c1cccc(C(=O)N(C)Cc2nncn2C(C)C)c1. The molecule has 0 N–H and O–H groups in total. The number of rotatable bonds is 8. The molecular formula is C22H30N8O2. The van der Waals surface area contributed by atoms with Gasteiger partial charge in [0.05, 0.1) is 13.1 Å². The Morgan fingerprint density at radius 1 is 0.812 bits per heavy atom. The molecule has 3 rings (SSSR count). The summed E-state index contributed by atoms with van der Waals surface area (Å²) in [6.07, 6.45) is 3.32. The highest BCUT2D eigenvalue weighted by Gasteiger charge is 2.20. The van der Waals surface area contributed by atoms with Crippen LogP contribution in [0, 0.1) is 0 Å². The number of benzene rings is 1. The molecule has 0 unspecified atom stereocenters. The summed E-state index contributed by atoms with van der Waals surface area (Å²) in [5.74, 6) is 1.02. The Labute approximate surface area is 187 Å². The van der Waals surface area contributed by atoms with Gasteiger partial charge in [0.2, 0.25) is 0 Å². The molecule has 0 fully saturated rings. The predicted octanol–water partition coefficient (Wildman–Crippen LogP) is 2.58. The molecule has 0 saturated carbocycles. The second-order valence-corrected chi connectivity index (χ2v) is 8.40. The van der Waals surface area contributed by atoms with Crippen molar-refractivity contribution in [2.75, 3.05) is 14.1 Å². The van der Waals surface area contributed by atoms with Crippen molar-refractivity contribution in [3.8, 4) is 0 Å². The van der Waals surface area contributed by atoms with E-state index in [1.165, 1.54) is 0 Å². The van der Waals surface area contributed by atoms with Crippen molar-refractivity contribution in [2.45, 2.75) is 52.9 Å². The van der Waals surface area contributed by atoms with Crippen LogP contribution in [-0.2, 0) is 13.1 Å². The molecule has 170 valence electrons. The molecule has 0 aliphatic rings. The Hall–Kier alpha value is -3.56. The minimum absolute atomic E-state index is 0.194. The van der Waals surface area contributed by atoms with Gasteiger partial charge in [-0.15, -0.1) is 20.4 Å². The summed E-state index contributed by atoms with van der Waals surface area (Å²) in [6, 6.07) is 7.15. The standard InChI is InChI=1S/C22H30N8O2/c1-15(2)29-13-23-25-19(29)11-27(5)21(31)17-8-7-9-18(10-17)22(32)28(6)12-20-26-24-14-30(20)16(3)4/h7-10,13-16H,11-12H2,1-6H3. The maximum absolute atomic E-state index is 13.0. The molecule has 10 nitrogen and oxygen atoms in total. The summed E-state index contributed by atoms with van der Waals surface area (Å²) >= 11 is 0. The molecule has 0 radical (unpaired) electrons. The number of nitrogens with zero attached hydrogens (tertiary/aromatic N) is 8. The van der Waals surface area contributed by atoms with Crippen molar-refractivity contribution < 1.29 is 9.59 Å². The lowest BCUT2D eigenvalue weighted by Crippen LogP contribution is -2.30. The van der Waals surface area contributed by atoms with Crippen molar-refractivity contribution in [1.29, 1.82) is 0 Å². The Kier molecular flexibility index (Phi) is 7.01. The van der Waals surface area contributed by atoms with Crippen molar-refractivity contribution in [1.82, 2.24) is 39.3 Å². The molecular weight excluding hydrogens is 408 g/mol. The van der Waals surface area contributed by atoms with Gasteiger partial charge in [0.15, 0.2) is 11.6 Å². The van der Waals surface area contributed by atoms with Crippen LogP contribution in [0.15, 0.2) is 36.9 Å². The maximum Gasteiger partial charge on any atom is 0.254 e. The van der Waals surface area contributed by atoms with Gasteiger partial charge in [0, 0.05) is 37.3 Å². The third-order valence-corrected chi connectivity index (χ3v) is 5.21. The lowest BCUT2D eigenvalue weighted by molar-refractivity contribution is 0.0777. The third kappa shape index (κ3) is 5.01. The minimum atomic E-state index is -0.194. The lowest BCUT2D eigenvalue weighted by Gasteiger charge is -2.20.